The van der Waals surface area contributed by atoms with Crippen LogP contribution < -0.4 is 14.2 Å². The fourth-order valence-electron chi connectivity index (χ4n) is 2.01. The van der Waals surface area contributed by atoms with Crippen LogP contribution in [0.5, 0.6) is 17.2 Å². The predicted molar refractivity (Wildman–Crippen MR) is 82.4 cm³/mol. The highest BCUT2D eigenvalue weighted by atomic mass is 35.5. The molecule has 0 unspecified atom stereocenters. The molecule has 0 saturated heterocycles. The summed E-state index contributed by atoms with van der Waals surface area (Å²) in [5.41, 5.74) is 2.99. The van der Waals surface area contributed by atoms with Crippen molar-refractivity contribution in [1.82, 2.24) is 4.98 Å². The monoisotopic (exact) mass is 307 g/mol. The maximum Gasteiger partial charge on any atom is 0.203 e. The lowest BCUT2D eigenvalue weighted by Crippen LogP contribution is -2.01. The highest BCUT2D eigenvalue weighted by Gasteiger charge is 2.14. The van der Waals surface area contributed by atoms with Crippen molar-refractivity contribution in [2.24, 2.45) is 0 Å². The molecule has 0 spiro atoms. The SMILES string of the molecule is COc1cc(CCl)cc(OC)c1OCc1cncc(C)c1. The molecule has 0 fully saturated rings. The van der Waals surface area contributed by atoms with Gasteiger partial charge in [-0.1, -0.05) is 0 Å². The second-order valence-electron chi connectivity index (χ2n) is 4.62. The summed E-state index contributed by atoms with van der Waals surface area (Å²) in [6.07, 6.45) is 3.58. The van der Waals surface area contributed by atoms with Gasteiger partial charge >= 0.3 is 0 Å². The van der Waals surface area contributed by atoms with Gasteiger partial charge in [0.25, 0.3) is 0 Å². The summed E-state index contributed by atoms with van der Waals surface area (Å²) in [4.78, 5) is 4.15. The van der Waals surface area contributed by atoms with Crippen LogP contribution in [0.4, 0.5) is 0 Å². The molecule has 0 aliphatic rings. The molecule has 0 radical (unpaired) electrons. The lowest BCUT2D eigenvalue weighted by molar-refractivity contribution is 0.265. The minimum absolute atomic E-state index is 0.384. The fraction of sp³-hybridized carbons (Fsp3) is 0.312. The van der Waals surface area contributed by atoms with Crippen molar-refractivity contribution >= 4 is 11.6 Å². The topological polar surface area (TPSA) is 40.6 Å². The van der Waals surface area contributed by atoms with Crippen LogP contribution in [0, 0.1) is 6.92 Å². The Morgan fingerprint density at radius 1 is 1.00 bits per heavy atom. The van der Waals surface area contributed by atoms with Crippen molar-refractivity contribution in [3.8, 4) is 17.2 Å². The van der Waals surface area contributed by atoms with E-state index in [2.05, 4.69) is 4.98 Å². The summed E-state index contributed by atoms with van der Waals surface area (Å²) in [6, 6.07) is 5.72. The fourth-order valence-corrected chi connectivity index (χ4v) is 2.16. The number of benzene rings is 1. The molecule has 21 heavy (non-hydrogen) atoms. The minimum Gasteiger partial charge on any atom is -0.493 e. The van der Waals surface area contributed by atoms with Gasteiger partial charge in [0.15, 0.2) is 11.5 Å². The molecule has 1 aromatic carbocycles. The van der Waals surface area contributed by atoms with Crippen LogP contribution in [0.3, 0.4) is 0 Å². The van der Waals surface area contributed by atoms with Gasteiger partial charge in [-0.25, -0.2) is 0 Å². The number of aryl methyl sites for hydroxylation is 1. The van der Waals surface area contributed by atoms with Crippen LogP contribution in [0.25, 0.3) is 0 Å². The van der Waals surface area contributed by atoms with Crippen LogP contribution in [0.15, 0.2) is 30.6 Å². The van der Waals surface area contributed by atoms with Crippen molar-refractivity contribution in [2.75, 3.05) is 14.2 Å². The summed E-state index contributed by atoms with van der Waals surface area (Å²) in [5.74, 6) is 2.15. The minimum atomic E-state index is 0.384. The first-order valence-corrected chi connectivity index (χ1v) is 7.05. The molecule has 0 amide bonds. The second-order valence-corrected chi connectivity index (χ2v) is 4.89. The molecule has 112 valence electrons. The molecule has 0 bridgehead atoms. The van der Waals surface area contributed by atoms with E-state index in [1.165, 1.54) is 0 Å². The molecular formula is C16H18ClNO3. The maximum atomic E-state index is 5.87. The average molecular weight is 308 g/mol. The number of pyridine rings is 1. The van der Waals surface area contributed by atoms with Crippen molar-refractivity contribution < 1.29 is 14.2 Å². The van der Waals surface area contributed by atoms with Crippen LogP contribution >= 0.6 is 11.6 Å². The smallest absolute Gasteiger partial charge is 0.203 e. The summed E-state index contributed by atoms with van der Waals surface area (Å²) < 4.78 is 16.6. The molecule has 2 rings (SSSR count). The molecule has 0 aliphatic carbocycles. The first-order chi connectivity index (χ1) is 10.2. The number of aromatic nitrogens is 1. The largest absolute Gasteiger partial charge is 0.493 e. The predicted octanol–water partition coefficient (Wildman–Crippen LogP) is 3.73. The van der Waals surface area contributed by atoms with Gasteiger partial charge in [0.2, 0.25) is 5.75 Å². The molecule has 1 heterocycles. The molecule has 0 atom stereocenters. The van der Waals surface area contributed by atoms with E-state index >= 15 is 0 Å². The Balaban J connectivity index is 2.26. The number of halogens is 1. The highest BCUT2D eigenvalue weighted by Crippen LogP contribution is 2.39. The van der Waals surface area contributed by atoms with Crippen molar-refractivity contribution in [3.63, 3.8) is 0 Å². The van der Waals surface area contributed by atoms with Gasteiger partial charge < -0.3 is 14.2 Å². The molecule has 4 nitrogen and oxygen atoms in total. The molecule has 0 N–H and O–H groups in total. The maximum absolute atomic E-state index is 5.87. The van der Waals surface area contributed by atoms with Gasteiger partial charge in [-0.15, -0.1) is 11.6 Å². The number of hydrogen-bond donors (Lipinski definition) is 0. The van der Waals surface area contributed by atoms with Gasteiger partial charge in [0, 0.05) is 23.8 Å². The van der Waals surface area contributed by atoms with Crippen LogP contribution in [0.2, 0.25) is 0 Å². The number of hydrogen-bond acceptors (Lipinski definition) is 4. The molecular weight excluding hydrogens is 290 g/mol. The Labute approximate surface area is 129 Å². The number of methoxy groups -OCH3 is 2. The zero-order chi connectivity index (χ0) is 15.2. The van der Waals surface area contributed by atoms with Gasteiger partial charge in [-0.3, -0.25) is 4.98 Å². The first-order valence-electron chi connectivity index (χ1n) is 6.52. The van der Waals surface area contributed by atoms with E-state index in [1.54, 1.807) is 26.6 Å². The Kier molecular flexibility index (Phi) is 5.28. The summed E-state index contributed by atoms with van der Waals surface area (Å²) >= 11 is 5.87. The molecule has 5 heteroatoms. The lowest BCUT2D eigenvalue weighted by Gasteiger charge is -2.15. The summed E-state index contributed by atoms with van der Waals surface area (Å²) in [7, 11) is 3.18. The van der Waals surface area contributed by atoms with Crippen molar-refractivity contribution in [1.29, 1.82) is 0 Å². The normalized spacial score (nSPS) is 10.3. The Hall–Kier alpha value is -1.94. The number of ether oxygens (including phenoxy) is 3. The summed E-state index contributed by atoms with van der Waals surface area (Å²) in [5, 5.41) is 0. The molecule has 1 aromatic heterocycles. The van der Waals surface area contributed by atoms with Crippen LogP contribution in [-0.2, 0) is 12.5 Å². The third kappa shape index (κ3) is 3.79. The van der Waals surface area contributed by atoms with E-state index in [0.717, 1.165) is 16.7 Å². The van der Waals surface area contributed by atoms with E-state index in [9.17, 15) is 0 Å². The van der Waals surface area contributed by atoms with E-state index in [4.69, 9.17) is 25.8 Å². The van der Waals surface area contributed by atoms with Gasteiger partial charge in [-0.05, 0) is 36.2 Å². The van der Waals surface area contributed by atoms with E-state index < -0.39 is 0 Å². The van der Waals surface area contributed by atoms with Gasteiger partial charge in [0.1, 0.15) is 6.61 Å². The summed E-state index contributed by atoms with van der Waals surface area (Å²) in [6.45, 7) is 2.38. The Bertz CT molecular complexity index is 591. The molecule has 0 aliphatic heterocycles. The average Bonchev–Trinajstić information content (AvgIpc) is 2.52. The van der Waals surface area contributed by atoms with Crippen molar-refractivity contribution in [2.45, 2.75) is 19.4 Å². The van der Waals surface area contributed by atoms with Crippen LogP contribution in [-0.4, -0.2) is 19.2 Å². The molecule has 2 aromatic rings. The zero-order valence-electron chi connectivity index (χ0n) is 12.4. The lowest BCUT2D eigenvalue weighted by atomic mass is 10.2. The van der Waals surface area contributed by atoms with E-state index in [1.807, 2.05) is 25.1 Å². The quantitative estimate of drug-likeness (QED) is 0.763. The van der Waals surface area contributed by atoms with E-state index in [-0.39, 0.29) is 0 Å². The third-order valence-electron chi connectivity index (χ3n) is 2.99. The first kappa shape index (κ1) is 15.4. The highest BCUT2D eigenvalue weighted by molar-refractivity contribution is 6.17. The van der Waals surface area contributed by atoms with Crippen LogP contribution in [0.1, 0.15) is 16.7 Å². The number of rotatable bonds is 6. The van der Waals surface area contributed by atoms with Gasteiger partial charge in [-0.2, -0.15) is 0 Å². The zero-order valence-corrected chi connectivity index (χ0v) is 13.1. The molecule has 0 saturated carbocycles. The Morgan fingerprint density at radius 2 is 1.67 bits per heavy atom. The standard InChI is InChI=1S/C16H18ClNO3/c1-11-4-13(9-18-8-11)10-21-16-14(19-2)5-12(7-17)6-15(16)20-3/h4-6,8-9H,7,10H2,1-3H3. The van der Waals surface area contributed by atoms with Crippen molar-refractivity contribution in [3.05, 3.63) is 47.3 Å². The Morgan fingerprint density at radius 3 is 2.19 bits per heavy atom. The third-order valence-corrected chi connectivity index (χ3v) is 3.30. The number of nitrogens with zero attached hydrogens (tertiary/aromatic N) is 1. The van der Waals surface area contributed by atoms with E-state index in [0.29, 0.717) is 29.7 Å². The van der Waals surface area contributed by atoms with Gasteiger partial charge in [0.05, 0.1) is 14.2 Å². The number of alkyl halides is 1. The second kappa shape index (κ2) is 7.18.